The van der Waals surface area contributed by atoms with Gasteiger partial charge in [-0.05, 0) is 17.5 Å². The summed E-state index contributed by atoms with van der Waals surface area (Å²) in [6.45, 7) is 9.66. The molecule has 2 N–H and O–H groups in total. The topological polar surface area (TPSA) is 78.6 Å². The second-order valence-electron chi connectivity index (χ2n) is 6.55. The predicted molar refractivity (Wildman–Crippen MR) is 81.4 cm³/mol. The van der Waals surface area contributed by atoms with Crippen LogP contribution in [-0.2, 0) is 0 Å². The average Bonchev–Trinajstić information content (AvgIpc) is 2.38. The van der Waals surface area contributed by atoms with Crippen LogP contribution in [0.15, 0.2) is 18.2 Å². The van der Waals surface area contributed by atoms with E-state index in [1.165, 1.54) is 18.2 Å². The molecule has 1 atom stereocenters. The summed E-state index contributed by atoms with van der Waals surface area (Å²) in [5.74, 6) is 0.0694. The van der Waals surface area contributed by atoms with Crippen molar-refractivity contribution < 1.29 is 10.0 Å². The van der Waals surface area contributed by atoms with E-state index in [4.69, 9.17) is 0 Å². The van der Waals surface area contributed by atoms with Crippen molar-refractivity contribution in [2.75, 3.05) is 26.2 Å². The van der Waals surface area contributed by atoms with Crippen LogP contribution in [0.2, 0.25) is 0 Å². The molecule has 1 aromatic rings. The zero-order valence-corrected chi connectivity index (χ0v) is 12.8. The number of hydrogen-bond donors (Lipinski definition) is 2. The monoisotopic (exact) mass is 293 g/mol. The number of hydrogen-bond acceptors (Lipinski definition) is 5. The van der Waals surface area contributed by atoms with Crippen LogP contribution in [0.3, 0.4) is 0 Å². The van der Waals surface area contributed by atoms with Crippen LogP contribution < -0.4 is 5.32 Å². The first-order valence-corrected chi connectivity index (χ1v) is 7.23. The molecule has 0 saturated carbocycles. The maximum Gasteiger partial charge on any atom is 0.274 e. The highest BCUT2D eigenvalue weighted by molar-refractivity contribution is 5.47. The van der Waals surface area contributed by atoms with E-state index in [0.29, 0.717) is 5.56 Å². The second-order valence-corrected chi connectivity index (χ2v) is 6.55. The van der Waals surface area contributed by atoms with Gasteiger partial charge < -0.3 is 10.4 Å². The fraction of sp³-hybridized carbons (Fsp3) is 0.600. The van der Waals surface area contributed by atoms with Gasteiger partial charge in [-0.1, -0.05) is 20.8 Å². The van der Waals surface area contributed by atoms with E-state index in [0.717, 1.165) is 26.2 Å². The number of rotatable bonds is 3. The summed E-state index contributed by atoms with van der Waals surface area (Å²) in [5, 5.41) is 24.4. The molecule has 0 aromatic heterocycles. The van der Waals surface area contributed by atoms with Gasteiger partial charge in [0.2, 0.25) is 0 Å². The van der Waals surface area contributed by atoms with E-state index in [1.54, 1.807) is 0 Å². The summed E-state index contributed by atoms with van der Waals surface area (Å²) >= 11 is 0. The van der Waals surface area contributed by atoms with E-state index < -0.39 is 0 Å². The molecule has 1 fully saturated rings. The molecular formula is C15H23N3O3. The van der Waals surface area contributed by atoms with Crippen molar-refractivity contribution in [2.24, 2.45) is 5.41 Å². The first-order chi connectivity index (χ1) is 9.80. The summed E-state index contributed by atoms with van der Waals surface area (Å²) in [7, 11) is 0. The summed E-state index contributed by atoms with van der Waals surface area (Å²) in [6.07, 6.45) is 0. The maximum absolute atomic E-state index is 11.3. The molecule has 1 aromatic carbocycles. The number of nitrogens with one attached hydrogen (secondary N) is 1. The number of benzene rings is 1. The van der Waals surface area contributed by atoms with Crippen molar-refractivity contribution in [2.45, 2.75) is 26.8 Å². The molecule has 0 amide bonds. The number of phenolic OH excluding ortho intramolecular Hbond substituents is 1. The van der Waals surface area contributed by atoms with E-state index in [-0.39, 0.29) is 27.8 Å². The van der Waals surface area contributed by atoms with E-state index in [9.17, 15) is 15.2 Å². The van der Waals surface area contributed by atoms with Gasteiger partial charge in [0.15, 0.2) is 0 Å². The molecular weight excluding hydrogens is 270 g/mol. The molecule has 1 saturated heterocycles. The number of piperazine rings is 1. The smallest absolute Gasteiger partial charge is 0.274 e. The number of aromatic hydroxyl groups is 1. The number of nitrogens with zero attached hydrogens (tertiary/aromatic N) is 2. The Bertz CT molecular complexity index is 519. The Balaban J connectivity index is 2.50. The zero-order valence-electron chi connectivity index (χ0n) is 12.8. The minimum absolute atomic E-state index is 0.0694. The zero-order chi connectivity index (χ0) is 15.6. The molecule has 1 heterocycles. The predicted octanol–water partition coefficient (Wildman–Crippen LogP) is 2.29. The first kappa shape index (κ1) is 15.7. The third kappa shape index (κ3) is 3.51. The standard InChI is InChI=1S/C15H23N3O3/c1-15(2,3)14(17-8-6-16-7-9-17)12-10-11(19)4-5-13(12)18(20)21/h4-5,10,14,16,19H,6-9H2,1-3H3/t14-/m1/s1. The molecule has 2 rings (SSSR count). The normalized spacial score (nSPS) is 18.4. The quantitative estimate of drug-likeness (QED) is 0.660. The largest absolute Gasteiger partial charge is 0.508 e. The van der Waals surface area contributed by atoms with Gasteiger partial charge in [0.1, 0.15) is 5.75 Å². The van der Waals surface area contributed by atoms with Crippen molar-refractivity contribution in [3.63, 3.8) is 0 Å². The lowest BCUT2D eigenvalue weighted by Gasteiger charge is -2.42. The van der Waals surface area contributed by atoms with Crippen molar-refractivity contribution >= 4 is 5.69 Å². The van der Waals surface area contributed by atoms with Crippen LogP contribution in [-0.4, -0.2) is 41.1 Å². The van der Waals surface area contributed by atoms with E-state index in [2.05, 4.69) is 31.0 Å². The van der Waals surface area contributed by atoms with Crippen molar-refractivity contribution in [1.29, 1.82) is 0 Å². The fourth-order valence-corrected chi connectivity index (χ4v) is 3.08. The van der Waals surface area contributed by atoms with Crippen molar-refractivity contribution in [1.82, 2.24) is 10.2 Å². The van der Waals surface area contributed by atoms with Gasteiger partial charge in [0.25, 0.3) is 5.69 Å². The van der Waals surface area contributed by atoms with Crippen LogP contribution in [0, 0.1) is 15.5 Å². The molecule has 0 spiro atoms. The molecule has 6 heteroatoms. The summed E-state index contributed by atoms with van der Waals surface area (Å²) < 4.78 is 0. The SMILES string of the molecule is CC(C)(C)[C@@H](c1cc(O)ccc1[N+](=O)[O-])N1CCNCC1. The highest BCUT2D eigenvalue weighted by Crippen LogP contribution is 2.42. The number of nitro groups is 1. The Labute approximate surface area is 124 Å². The Morgan fingerprint density at radius 3 is 2.48 bits per heavy atom. The van der Waals surface area contributed by atoms with Crippen LogP contribution in [0.4, 0.5) is 5.69 Å². The first-order valence-electron chi connectivity index (χ1n) is 7.23. The third-order valence-corrected chi connectivity index (χ3v) is 3.84. The van der Waals surface area contributed by atoms with E-state index in [1.807, 2.05) is 0 Å². The van der Waals surface area contributed by atoms with Crippen LogP contribution in [0.1, 0.15) is 32.4 Å². The van der Waals surface area contributed by atoms with E-state index >= 15 is 0 Å². The summed E-state index contributed by atoms with van der Waals surface area (Å²) in [4.78, 5) is 13.2. The Kier molecular flexibility index (Phi) is 4.49. The second kappa shape index (κ2) is 5.99. The van der Waals surface area contributed by atoms with Gasteiger partial charge in [-0.2, -0.15) is 0 Å². The lowest BCUT2D eigenvalue weighted by molar-refractivity contribution is -0.386. The lowest BCUT2D eigenvalue weighted by Crippen LogP contribution is -2.48. The lowest BCUT2D eigenvalue weighted by atomic mass is 9.80. The molecule has 0 aliphatic carbocycles. The molecule has 6 nitrogen and oxygen atoms in total. The average molecular weight is 293 g/mol. The third-order valence-electron chi connectivity index (χ3n) is 3.84. The maximum atomic E-state index is 11.3. The molecule has 0 radical (unpaired) electrons. The van der Waals surface area contributed by atoms with Gasteiger partial charge >= 0.3 is 0 Å². The molecule has 1 aliphatic heterocycles. The molecule has 21 heavy (non-hydrogen) atoms. The number of phenols is 1. The fourth-order valence-electron chi connectivity index (χ4n) is 3.08. The Morgan fingerprint density at radius 1 is 1.33 bits per heavy atom. The summed E-state index contributed by atoms with van der Waals surface area (Å²) in [6, 6.07) is 4.20. The van der Waals surface area contributed by atoms with Crippen molar-refractivity contribution in [3.05, 3.63) is 33.9 Å². The Hall–Kier alpha value is -1.66. The number of nitro benzene ring substituents is 1. The highest BCUT2D eigenvalue weighted by atomic mass is 16.6. The van der Waals surface area contributed by atoms with Crippen molar-refractivity contribution in [3.8, 4) is 5.75 Å². The Morgan fingerprint density at radius 2 is 1.95 bits per heavy atom. The minimum Gasteiger partial charge on any atom is -0.508 e. The van der Waals surface area contributed by atoms with Crippen LogP contribution in [0.5, 0.6) is 5.75 Å². The summed E-state index contributed by atoms with van der Waals surface area (Å²) in [5.41, 5.74) is 0.497. The van der Waals surface area contributed by atoms with Gasteiger partial charge in [0, 0.05) is 38.3 Å². The highest BCUT2D eigenvalue weighted by Gasteiger charge is 2.36. The van der Waals surface area contributed by atoms with Gasteiger partial charge in [-0.25, -0.2) is 0 Å². The van der Waals surface area contributed by atoms with Gasteiger partial charge in [-0.3, -0.25) is 15.0 Å². The van der Waals surface area contributed by atoms with Gasteiger partial charge in [-0.15, -0.1) is 0 Å². The van der Waals surface area contributed by atoms with Crippen LogP contribution in [0.25, 0.3) is 0 Å². The molecule has 116 valence electrons. The van der Waals surface area contributed by atoms with Crippen LogP contribution >= 0.6 is 0 Å². The minimum atomic E-state index is -0.365. The molecule has 1 aliphatic rings. The van der Waals surface area contributed by atoms with Gasteiger partial charge in [0.05, 0.1) is 10.5 Å². The molecule has 0 unspecified atom stereocenters. The molecule has 0 bridgehead atoms.